The van der Waals surface area contributed by atoms with E-state index in [1.165, 1.54) is 16.2 Å². The summed E-state index contributed by atoms with van der Waals surface area (Å²) in [6.45, 7) is 2.18. The number of fused-ring (bicyclic) bond motifs is 5. The van der Waals surface area contributed by atoms with E-state index in [9.17, 15) is 19.5 Å². The maximum Gasteiger partial charge on any atom is 0.260 e. The number of aryl methyl sites for hydroxylation is 1. The molecule has 0 spiro atoms. The number of phenols is 1. The van der Waals surface area contributed by atoms with Crippen LogP contribution in [0, 0.1) is 30.6 Å². The van der Waals surface area contributed by atoms with Gasteiger partial charge in [0.1, 0.15) is 5.75 Å². The third-order valence-electron chi connectivity index (χ3n) is 11.6. The second kappa shape index (κ2) is 11.8. The zero-order chi connectivity index (χ0) is 35.0. The zero-order valence-electron chi connectivity index (χ0n) is 27.9. The summed E-state index contributed by atoms with van der Waals surface area (Å²) < 4.78 is 0. The summed E-state index contributed by atoms with van der Waals surface area (Å²) in [6.07, 6.45) is 2.56. The van der Waals surface area contributed by atoms with Crippen LogP contribution in [0.5, 0.6) is 5.75 Å². The molecule has 1 aromatic heterocycles. The summed E-state index contributed by atoms with van der Waals surface area (Å²) in [4.78, 5) is 60.8. The number of phenolic OH excluding ortho intramolecular Hbond substituents is 1. The van der Waals surface area contributed by atoms with Gasteiger partial charge < -0.3 is 5.11 Å². The molecule has 3 fully saturated rings. The van der Waals surface area contributed by atoms with Crippen LogP contribution in [0.2, 0.25) is 0 Å². The lowest BCUT2D eigenvalue weighted by Crippen LogP contribution is -2.53. The number of nitrogens with zero attached hydrogens (tertiary/aromatic N) is 2. The number of rotatable bonds is 6. The molecule has 3 heterocycles. The van der Waals surface area contributed by atoms with Crippen molar-refractivity contribution < 1.29 is 24.3 Å². The number of hydrazine groups is 1. The predicted octanol–water partition coefficient (Wildman–Crippen LogP) is 7.10. The number of likely N-dealkylation sites (tertiary alicyclic amines) is 1. The van der Waals surface area contributed by atoms with Gasteiger partial charge in [0.25, 0.3) is 11.8 Å². The van der Waals surface area contributed by atoms with E-state index >= 15 is 4.79 Å². The fourth-order valence-electron chi connectivity index (χ4n) is 9.38. The SMILES string of the molecule is Cc1ccc(NN2C(=O)C3CC4C(=CCC5C(=O)N(Cc6cccs6)C(=O)C54)C(c4ccc5ccccc5c4O)C3(c3ccccc3)C2=O)cc1. The lowest BCUT2D eigenvalue weighted by atomic mass is 9.49. The Morgan fingerprint density at radius 2 is 1.59 bits per heavy atom. The Bertz CT molecular complexity index is 2270. The summed E-state index contributed by atoms with van der Waals surface area (Å²) in [5, 5.41) is 16.7. The van der Waals surface area contributed by atoms with E-state index in [0.717, 1.165) is 26.4 Å². The number of carbonyl (C=O) groups is 4. The van der Waals surface area contributed by atoms with Crippen molar-refractivity contribution in [3.63, 3.8) is 0 Å². The summed E-state index contributed by atoms with van der Waals surface area (Å²) >= 11 is 1.50. The molecule has 2 N–H and O–H groups in total. The molecular formula is C42H35N3O5S. The lowest BCUT2D eigenvalue weighted by molar-refractivity contribution is -0.141. The van der Waals surface area contributed by atoms with Crippen LogP contribution < -0.4 is 5.43 Å². The Hall–Kier alpha value is -5.54. The Balaban J connectivity index is 1.25. The largest absolute Gasteiger partial charge is 0.507 e. The zero-order valence-corrected chi connectivity index (χ0v) is 28.7. The molecule has 2 aliphatic heterocycles. The van der Waals surface area contributed by atoms with Gasteiger partial charge in [-0.2, -0.15) is 5.01 Å². The van der Waals surface area contributed by atoms with Gasteiger partial charge in [-0.25, -0.2) is 0 Å². The number of anilines is 1. The smallest absolute Gasteiger partial charge is 0.260 e. The number of thiophene rings is 1. The van der Waals surface area contributed by atoms with Gasteiger partial charge in [0.2, 0.25) is 11.8 Å². The number of hydrogen-bond acceptors (Lipinski definition) is 7. The summed E-state index contributed by atoms with van der Waals surface area (Å²) in [5.41, 5.74) is 5.31. The molecule has 4 amide bonds. The van der Waals surface area contributed by atoms with Crippen molar-refractivity contribution in [1.29, 1.82) is 0 Å². The van der Waals surface area contributed by atoms with E-state index in [0.29, 0.717) is 28.6 Å². The van der Waals surface area contributed by atoms with Crippen molar-refractivity contribution in [3.05, 3.63) is 142 Å². The van der Waals surface area contributed by atoms with E-state index in [1.54, 1.807) is 0 Å². The van der Waals surface area contributed by atoms with Gasteiger partial charge in [-0.15, -0.1) is 11.3 Å². The van der Waals surface area contributed by atoms with Crippen LogP contribution in [-0.4, -0.2) is 38.6 Å². The fourth-order valence-corrected chi connectivity index (χ4v) is 10.1. The Morgan fingerprint density at radius 3 is 2.35 bits per heavy atom. The number of aromatic hydroxyl groups is 1. The maximum absolute atomic E-state index is 15.4. The standard InChI is InChI=1S/C42H35N3O5S/c1-24-13-16-27(17-14-24)43-45-39(48)34-22-33-30(19-20-31-35(33)40(49)44(38(31)47)23-28-11-7-21-51-28)36(42(34,41(45)50)26-9-3-2-4-10-26)32-18-15-25-8-5-6-12-29(25)37(32)46/h2-19,21,31,33-36,43,46H,20,22-23H2,1H3. The number of benzene rings is 4. The molecule has 254 valence electrons. The van der Waals surface area contributed by atoms with Gasteiger partial charge >= 0.3 is 0 Å². The van der Waals surface area contributed by atoms with Gasteiger partial charge in [0.15, 0.2) is 0 Å². The van der Waals surface area contributed by atoms with Crippen molar-refractivity contribution >= 4 is 51.4 Å². The summed E-state index contributed by atoms with van der Waals surface area (Å²) in [7, 11) is 0. The third-order valence-corrected chi connectivity index (χ3v) is 12.5. The highest BCUT2D eigenvalue weighted by atomic mass is 32.1. The first-order chi connectivity index (χ1) is 24.8. The minimum atomic E-state index is -1.45. The van der Waals surface area contributed by atoms with E-state index in [2.05, 4.69) is 5.43 Å². The molecule has 4 aliphatic rings. The van der Waals surface area contributed by atoms with Crippen LogP contribution in [0.4, 0.5) is 5.69 Å². The quantitative estimate of drug-likeness (QED) is 0.145. The van der Waals surface area contributed by atoms with Crippen molar-refractivity contribution in [2.45, 2.75) is 37.6 Å². The van der Waals surface area contributed by atoms with E-state index in [1.807, 2.05) is 122 Å². The molecule has 0 bridgehead atoms. The summed E-state index contributed by atoms with van der Waals surface area (Å²) in [6, 6.07) is 32.0. The third kappa shape index (κ3) is 4.57. The molecule has 5 aromatic rings. The lowest BCUT2D eigenvalue weighted by Gasteiger charge is -2.50. The first-order valence-corrected chi connectivity index (χ1v) is 18.2. The highest BCUT2D eigenvalue weighted by Crippen LogP contribution is 2.65. The highest BCUT2D eigenvalue weighted by Gasteiger charge is 2.70. The molecule has 51 heavy (non-hydrogen) atoms. The van der Waals surface area contributed by atoms with Crippen molar-refractivity contribution in [2.24, 2.45) is 23.7 Å². The van der Waals surface area contributed by atoms with Gasteiger partial charge in [-0.1, -0.05) is 102 Å². The van der Waals surface area contributed by atoms with E-state index in [-0.39, 0.29) is 30.5 Å². The first-order valence-electron chi connectivity index (χ1n) is 17.3. The molecule has 2 saturated heterocycles. The Morgan fingerprint density at radius 1 is 0.824 bits per heavy atom. The second-order valence-electron chi connectivity index (χ2n) is 14.2. The van der Waals surface area contributed by atoms with Gasteiger partial charge in [0, 0.05) is 21.7 Å². The maximum atomic E-state index is 15.4. The molecule has 9 rings (SSSR count). The van der Waals surface area contributed by atoms with Crippen LogP contribution >= 0.6 is 11.3 Å². The number of nitrogens with one attached hydrogen (secondary N) is 1. The van der Waals surface area contributed by atoms with Crippen molar-refractivity contribution in [2.75, 3.05) is 5.43 Å². The predicted molar refractivity (Wildman–Crippen MR) is 194 cm³/mol. The van der Waals surface area contributed by atoms with Crippen LogP contribution in [0.1, 0.15) is 40.3 Å². The number of carbonyl (C=O) groups excluding carboxylic acids is 4. The molecule has 2 aliphatic carbocycles. The molecule has 6 atom stereocenters. The fraction of sp³-hybridized carbons (Fsp3) is 0.238. The van der Waals surface area contributed by atoms with Crippen LogP contribution in [0.3, 0.4) is 0 Å². The van der Waals surface area contributed by atoms with Gasteiger partial charge in [-0.05, 0) is 60.2 Å². The average molecular weight is 694 g/mol. The molecule has 0 radical (unpaired) electrons. The number of amides is 4. The van der Waals surface area contributed by atoms with Crippen LogP contribution in [0.25, 0.3) is 10.8 Å². The van der Waals surface area contributed by atoms with E-state index in [4.69, 9.17) is 0 Å². The van der Waals surface area contributed by atoms with Gasteiger partial charge in [0.05, 0.1) is 35.4 Å². The second-order valence-corrected chi connectivity index (χ2v) is 15.2. The molecule has 9 heteroatoms. The number of hydrogen-bond donors (Lipinski definition) is 2. The molecule has 4 aromatic carbocycles. The minimum Gasteiger partial charge on any atom is -0.507 e. The monoisotopic (exact) mass is 693 g/mol. The molecule has 1 saturated carbocycles. The van der Waals surface area contributed by atoms with Crippen molar-refractivity contribution in [3.8, 4) is 5.75 Å². The van der Waals surface area contributed by atoms with Gasteiger partial charge in [-0.3, -0.25) is 29.5 Å². The van der Waals surface area contributed by atoms with Crippen LogP contribution in [0.15, 0.2) is 120 Å². The number of imide groups is 2. The topological polar surface area (TPSA) is 107 Å². The summed E-state index contributed by atoms with van der Waals surface area (Å²) in [5.74, 6) is -4.66. The van der Waals surface area contributed by atoms with Crippen molar-refractivity contribution in [1.82, 2.24) is 9.91 Å². The molecular weight excluding hydrogens is 659 g/mol. The average Bonchev–Trinajstić information content (AvgIpc) is 3.82. The van der Waals surface area contributed by atoms with E-state index < -0.39 is 46.8 Å². The Labute approximate surface area is 299 Å². The number of allylic oxidation sites excluding steroid dienone is 2. The van der Waals surface area contributed by atoms with Crippen LogP contribution in [-0.2, 0) is 31.1 Å². The Kier molecular flexibility index (Phi) is 7.26. The molecule has 6 unspecified atom stereocenters. The normalized spacial score (nSPS) is 27.0. The highest BCUT2D eigenvalue weighted by molar-refractivity contribution is 7.09. The first kappa shape index (κ1) is 31.4. The molecule has 8 nitrogen and oxygen atoms in total. The minimum absolute atomic E-state index is 0.0363.